The van der Waals surface area contributed by atoms with Crippen LogP contribution < -0.4 is 19.8 Å². The molecule has 0 radical (unpaired) electrons. The lowest BCUT2D eigenvalue weighted by Crippen LogP contribution is -2.44. The maximum atomic E-state index is 12.8. The summed E-state index contributed by atoms with van der Waals surface area (Å²) in [4.78, 5) is 26.3. The number of methoxy groups -OCH3 is 3. The molecule has 174 valence electrons. The van der Waals surface area contributed by atoms with E-state index in [-0.39, 0.29) is 25.2 Å². The van der Waals surface area contributed by atoms with Crippen molar-refractivity contribution in [2.75, 3.05) is 41.1 Å². The Labute approximate surface area is 191 Å². The van der Waals surface area contributed by atoms with Crippen molar-refractivity contribution in [3.63, 3.8) is 0 Å². The van der Waals surface area contributed by atoms with Gasteiger partial charge in [-0.3, -0.25) is 4.79 Å². The van der Waals surface area contributed by atoms with Gasteiger partial charge in [0.15, 0.2) is 11.5 Å². The molecular weight excluding hydrogens is 426 g/mol. The van der Waals surface area contributed by atoms with E-state index < -0.39 is 5.63 Å². The van der Waals surface area contributed by atoms with E-state index in [0.29, 0.717) is 35.8 Å². The predicted molar refractivity (Wildman–Crippen MR) is 122 cm³/mol. The molecule has 8 heteroatoms. The highest BCUT2D eigenvalue weighted by molar-refractivity contribution is 5.81. The first-order chi connectivity index (χ1) is 15.9. The molecule has 0 aliphatic carbocycles. The zero-order valence-electron chi connectivity index (χ0n) is 19.2. The number of hydrogen-bond acceptors (Lipinski definition) is 7. The Morgan fingerprint density at radius 1 is 1.09 bits per heavy atom. The monoisotopic (exact) mass is 453 g/mol. The molecule has 3 aromatic rings. The van der Waals surface area contributed by atoms with Gasteiger partial charge in [-0.05, 0) is 54.3 Å². The van der Waals surface area contributed by atoms with Crippen LogP contribution in [0.4, 0.5) is 0 Å². The molecule has 0 saturated heterocycles. The van der Waals surface area contributed by atoms with E-state index in [9.17, 15) is 9.59 Å². The Balaban J connectivity index is 1.67. The third-order valence-corrected chi connectivity index (χ3v) is 5.92. The van der Waals surface area contributed by atoms with E-state index in [1.807, 2.05) is 31.2 Å². The molecule has 33 heavy (non-hydrogen) atoms. The van der Waals surface area contributed by atoms with Crippen molar-refractivity contribution in [2.24, 2.45) is 0 Å². The second kappa shape index (κ2) is 9.54. The van der Waals surface area contributed by atoms with Crippen LogP contribution in [0.3, 0.4) is 0 Å². The maximum absolute atomic E-state index is 12.8. The minimum absolute atomic E-state index is 0.0144. The van der Waals surface area contributed by atoms with Crippen LogP contribution in [0.1, 0.15) is 22.7 Å². The van der Waals surface area contributed by atoms with Gasteiger partial charge in [-0.2, -0.15) is 0 Å². The van der Waals surface area contributed by atoms with Gasteiger partial charge in [-0.1, -0.05) is 0 Å². The van der Waals surface area contributed by atoms with Gasteiger partial charge >= 0.3 is 5.63 Å². The van der Waals surface area contributed by atoms with E-state index in [2.05, 4.69) is 0 Å². The summed E-state index contributed by atoms with van der Waals surface area (Å²) in [5, 5.41) is 0.846. The van der Waals surface area contributed by atoms with E-state index >= 15 is 0 Å². The van der Waals surface area contributed by atoms with Gasteiger partial charge in [-0.15, -0.1) is 0 Å². The molecule has 2 aromatic carbocycles. The van der Waals surface area contributed by atoms with Gasteiger partial charge in [0.25, 0.3) is 0 Å². The SMILES string of the molecule is COCC(=O)N1CCc2cc(OC)c(OC)cc2[C@@H]1COc1ccc2c(C)cc(=O)oc2c1. The van der Waals surface area contributed by atoms with Crippen LogP contribution in [0.5, 0.6) is 17.2 Å². The Hall–Kier alpha value is -3.52. The third kappa shape index (κ3) is 4.52. The molecule has 2 heterocycles. The second-order valence-electron chi connectivity index (χ2n) is 7.91. The predicted octanol–water partition coefficient (Wildman–Crippen LogP) is 3.27. The first kappa shape index (κ1) is 22.7. The first-order valence-electron chi connectivity index (χ1n) is 10.7. The van der Waals surface area contributed by atoms with Crippen LogP contribution in [0.2, 0.25) is 0 Å². The number of ether oxygens (including phenoxy) is 4. The summed E-state index contributed by atoms with van der Waals surface area (Å²) in [6.07, 6.45) is 0.683. The molecule has 0 spiro atoms. The quantitative estimate of drug-likeness (QED) is 0.508. The summed E-state index contributed by atoms with van der Waals surface area (Å²) in [6.45, 7) is 2.59. The highest BCUT2D eigenvalue weighted by Crippen LogP contribution is 2.38. The molecule has 1 atom stereocenters. The average Bonchev–Trinajstić information content (AvgIpc) is 2.81. The number of fused-ring (bicyclic) bond motifs is 2. The van der Waals surface area contributed by atoms with Crippen LogP contribution in [-0.2, 0) is 16.0 Å². The molecule has 4 rings (SSSR count). The average molecular weight is 453 g/mol. The Kier molecular flexibility index (Phi) is 6.55. The molecule has 0 fully saturated rings. The van der Waals surface area contributed by atoms with Crippen molar-refractivity contribution in [3.8, 4) is 17.2 Å². The van der Waals surface area contributed by atoms with Gasteiger partial charge in [0.2, 0.25) is 5.91 Å². The van der Waals surface area contributed by atoms with Gasteiger partial charge in [-0.25, -0.2) is 4.79 Å². The Bertz CT molecular complexity index is 1230. The van der Waals surface area contributed by atoms with Crippen LogP contribution in [0.15, 0.2) is 45.6 Å². The van der Waals surface area contributed by atoms with Gasteiger partial charge in [0.1, 0.15) is 24.5 Å². The standard InChI is InChI=1S/C25H27NO7/c1-15-9-25(28)33-21-11-17(5-6-18(15)21)32-13-20-19-12-23(31-4)22(30-3)10-16(19)7-8-26(20)24(27)14-29-2/h5-6,9-12,20H,7-8,13-14H2,1-4H3/t20-/m0/s1. The maximum Gasteiger partial charge on any atom is 0.336 e. The first-order valence-corrected chi connectivity index (χ1v) is 10.7. The fourth-order valence-corrected chi connectivity index (χ4v) is 4.28. The van der Waals surface area contributed by atoms with Crippen molar-refractivity contribution in [3.05, 3.63) is 63.5 Å². The summed E-state index contributed by atoms with van der Waals surface area (Å²) >= 11 is 0. The molecule has 0 N–H and O–H groups in total. The topological polar surface area (TPSA) is 87.4 Å². The number of nitrogens with zero attached hydrogens (tertiary/aromatic N) is 1. The number of benzene rings is 2. The molecule has 1 aliphatic rings. The minimum Gasteiger partial charge on any atom is -0.493 e. The molecular formula is C25H27NO7. The van der Waals surface area contributed by atoms with Gasteiger partial charge < -0.3 is 28.3 Å². The molecule has 0 bridgehead atoms. The van der Waals surface area contributed by atoms with E-state index in [1.165, 1.54) is 13.2 Å². The molecule has 1 aromatic heterocycles. The summed E-state index contributed by atoms with van der Waals surface area (Å²) in [5.74, 6) is 1.66. The summed E-state index contributed by atoms with van der Waals surface area (Å²) in [6, 6.07) is 10.3. The van der Waals surface area contributed by atoms with Crippen molar-refractivity contribution >= 4 is 16.9 Å². The second-order valence-corrected chi connectivity index (χ2v) is 7.91. The number of carbonyl (C=O) groups excluding carboxylic acids is 1. The summed E-state index contributed by atoms with van der Waals surface area (Å²) < 4.78 is 27.5. The van der Waals surface area contributed by atoms with E-state index in [4.69, 9.17) is 23.4 Å². The number of rotatable bonds is 7. The minimum atomic E-state index is -0.407. The fraction of sp³-hybridized carbons (Fsp3) is 0.360. The molecule has 8 nitrogen and oxygen atoms in total. The van der Waals surface area contributed by atoms with Crippen molar-refractivity contribution in [1.29, 1.82) is 0 Å². The van der Waals surface area contributed by atoms with Crippen molar-refractivity contribution in [1.82, 2.24) is 4.90 Å². The van der Waals surface area contributed by atoms with Crippen LogP contribution in [0.25, 0.3) is 11.0 Å². The lowest BCUT2D eigenvalue weighted by molar-refractivity contribution is -0.138. The van der Waals surface area contributed by atoms with E-state index in [0.717, 1.165) is 22.1 Å². The lowest BCUT2D eigenvalue weighted by atomic mass is 9.92. The highest BCUT2D eigenvalue weighted by Gasteiger charge is 2.32. The highest BCUT2D eigenvalue weighted by atomic mass is 16.5. The van der Waals surface area contributed by atoms with Crippen LogP contribution in [0, 0.1) is 6.92 Å². The fourth-order valence-electron chi connectivity index (χ4n) is 4.28. The number of amides is 1. The number of hydrogen-bond donors (Lipinski definition) is 0. The lowest BCUT2D eigenvalue weighted by Gasteiger charge is -2.37. The summed E-state index contributed by atoms with van der Waals surface area (Å²) in [7, 11) is 4.68. The largest absolute Gasteiger partial charge is 0.493 e. The van der Waals surface area contributed by atoms with Crippen LogP contribution in [-0.4, -0.2) is 51.9 Å². The number of carbonyl (C=O) groups is 1. The normalized spacial score (nSPS) is 15.3. The zero-order valence-corrected chi connectivity index (χ0v) is 19.2. The van der Waals surface area contributed by atoms with Crippen molar-refractivity contribution in [2.45, 2.75) is 19.4 Å². The molecule has 1 aliphatic heterocycles. The Morgan fingerprint density at radius 2 is 1.85 bits per heavy atom. The Morgan fingerprint density at radius 3 is 2.58 bits per heavy atom. The van der Waals surface area contributed by atoms with Gasteiger partial charge in [0.05, 0.1) is 20.3 Å². The smallest absolute Gasteiger partial charge is 0.336 e. The molecule has 0 unspecified atom stereocenters. The summed E-state index contributed by atoms with van der Waals surface area (Å²) in [5.41, 5.74) is 2.90. The third-order valence-electron chi connectivity index (χ3n) is 5.92. The zero-order chi connectivity index (χ0) is 23.5. The van der Waals surface area contributed by atoms with Gasteiger partial charge in [0, 0.05) is 31.2 Å². The number of aryl methyl sites for hydroxylation is 1. The van der Waals surface area contributed by atoms with E-state index in [1.54, 1.807) is 25.2 Å². The molecule has 1 amide bonds. The van der Waals surface area contributed by atoms with Crippen molar-refractivity contribution < 1.29 is 28.2 Å². The molecule has 0 saturated carbocycles. The van der Waals surface area contributed by atoms with Crippen LogP contribution >= 0.6 is 0 Å².